The van der Waals surface area contributed by atoms with Crippen LogP contribution in [0.2, 0.25) is 0 Å². The summed E-state index contributed by atoms with van der Waals surface area (Å²) < 4.78 is 27.8. The first-order chi connectivity index (χ1) is 14.7. The van der Waals surface area contributed by atoms with Crippen molar-refractivity contribution in [3.8, 4) is 0 Å². The highest BCUT2D eigenvalue weighted by Crippen LogP contribution is 2.21. The molecule has 168 valence electrons. The van der Waals surface area contributed by atoms with Gasteiger partial charge in [-0.05, 0) is 69.8 Å². The SMILES string of the molecule is Cc1ccc(S(=O)(=O)Nc2ccc(C(=O)NCCCN3CCN(C)CC3)cc2C)cc1. The number of carbonyl (C=O) groups excluding carboxylic acids is 1. The van der Waals surface area contributed by atoms with Crippen LogP contribution in [0.25, 0.3) is 0 Å². The van der Waals surface area contributed by atoms with Crippen LogP contribution in [0.4, 0.5) is 5.69 Å². The zero-order valence-corrected chi connectivity index (χ0v) is 19.3. The van der Waals surface area contributed by atoms with E-state index in [2.05, 4.69) is 26.9 Å². The van der Waals surface area contributed by atoms with Gasteiger partial charge in [0.1, 0.15) is 0 Å². The van der Waals surface area contributed by atoms with Crippen LogP contribution in [0, 0.1) is 13.8 Å². The second-order valence-electron chi connectivity index (χ2n) is 8.20. The van der Waals surface area contributed by atoms with Gasteiger partial charge in [0, 0.05) is 38.3 Å². The molecular formula is C23H32N4O3S. The zero-order chi connectivity index (χ0) is 22.4. The number of nitrogens with one attached hydrogen (secondary N) is 2. The van der Waals surface area contributed by atoms with Gasteiger partial charge >= 0.3 is 0 Å². The van der Waals surface area contributed by atoms with Crippen molar-refractivity contribution in [2.45, 2.75) is 25.2 Å². The molecule has 1 aliphatic rings. The Morgan fingerprint density at radius 2 is 1.68 bits per heavy atom. The Labute approximate surface area is 185 Å². The number of anilines is 1. The second-order valence-corrected chi connectivity index (χ2v) is 9.89. The molecule has 1 amide bonds. The van der Waals surface area contributed by atoms with Gasteiger partial charge in [-0.2, -0.15) is 0 Å². The predicted octanol–water partition coefficient (Wildman–Crippen LogP) is 2.47. The number of rotatable bonds is 8. The third-order valence-corrected chi connectivity index (χ3v) is 6.98. The van der Waals surface area contributed by atoms with E-state index < -0.39 is 10.0 Å². The molecule has 2 N–H and O–H groups in total. The van der Waals surface area contributed by atoms with E-state index in [-0.39, 0.29) is 10.8 Å². The molecule has 2 aromatic rings. The lowest BCUT2D eigenvalue weighted by Gasteiger charge is -2.32. The fraction of sp³-hybridized carbons (Fsp3) is 0.435. The van der Waals surface area contributed by atoms with Crippen molar-refractivity contribution in [3.63, 3.8) is 0 Å². The Morgan fingerprint density at radius 1 is 1.00 bits per heavy atom. The Balaban J connectivity index is 1.52. The van der Waals surface area contributed by atoms with Crippen molar-refractivity contribution in [2.75, 3.05) is 51.0 Å². The number of amides is 1. The number of likely N-dealkylation sites (N-methyl/N-ethyl adjacent to an activating group) is 1. The molecule has 7 nitrogen and oxygen atoms in total. The number of nitrogens with zero attached hydrogens (tertiary/aromatic N) is 2. The highest BCUT2D eigenvalue weighted by molar-refractivity contribution is 7.92. The molecule has 0 unspecified atom stereocenters. The lowest BCUT2D eigenvalue weighted by Crippen LogP contribution is -2.45. The van der Waals surface area contributed by atoms with Gasteiger partial charge in [-0.15, -0.1) is 0 Å². The van der Waals surface area contributed by atoms with Crippen molar-refractivity contribution >= 4 is 21.6 Å². The minimum absolute atomic E-state index is 0.144. The number of aryl methyl sites for hydroxylation is 2. The van der Waals surface area contributed by atoms with Crippen molar-refractivity contribution in [2.24, 2.45) is 0 Å². The molecule has 2 aromatic carbocycles. The fourth-order valence-electron chi connectivity index (χ4n) is 3.52. The molecular weight excluding hydrogens is 412 g/mol. The predicted molar refractivity (Wildman–Crippen MR) is 124 cm³/mol. The molecule has 0 aliphatic carbocycles. The van der Waals surface area contributed by atoms with Gasteiger partial charge in [0.05, 0.1) is 10.6 Å². The summed E-state index contributed by atoms with van der Waals surface area (Å²) in [6, 6.07) is 11.7. The maximum absolute atomic E-state index is 12.6. The summed E-state index contributed by atoms with van der Waals surface area (Å²) in [6.45, 7) is 9.62. The molecule has 1 fully saturated rings. The molecule has 0 atom stereocenters. The van der Waals surface area contributed by atoms with Crippen LogP contribution in [-0.4, -0.2) is 70.4 Å². The maximum atomic E-state index is 12.6. The van der Waals surface area contributed by atoms with Crippen LogP contribution in [-0.2, 0) is 10.0 Å². The maximum Gasteiger partial charge on any atom is 0.261 e. The topological polar surface area (TPSA) is 81.7 Å². The summed E-state index contributed by atoms with van der Waals surface area (Å²) in [7, 11) is -1.54. The first-order valence-electron chi connectivity index (χ1n) is 10.6. The van der Waals surface area contributed by atoms with Crippen molar-refractivity contribution in [1.29, 1.82) is 0 Å². The highest BCUT2D eigenvalue weighted by atomic mass is 32.2. The van der Waals surface area contributed by atoms with E-state index in [1.165, 1.54) is 0 Å². The smallest absolute Gasteiger partial charge is 0.261 e. The van der Waals surface area contributed by atoms with Crippen LogP contribution in [0.3, 0.4) is 0 Å². The molecule has 1 saturated heterocycles. The largest absolute Gasteiger partial charge is 0.352 e. The average molecular weight is 445 g/mol. The van der Waals surface area contributed by atoms with Crippen molar-refractivity contribution < 1.29 is 13.2 Å². The van der Waals surface area contributed by atoms with Gasteiger partial charge in [-0.1, -0.05) is 17.7 Å². The summed E-state index contributed by atoms with van der Waals surface area (Å²) in [6.07, 6.45) is 0.906. The van der Waals surface area contributed by atoms with E-state index in [1.807, 2.05) is 6.92 Å². The fourth-order valence-corrected chi connectivity index (χ4v) is 4.65. The van der Waals surface area contributed by atoms with Gasteiger partial charge in [-0.3, -0.25) is 9.52 Å². The minimum atomic E-state index is -3.68. The summed E-state index contributed by atoms with van der Waals surface area (Å²) in [5.41, 5.74) is 2.68. The monoisotopic (exact) mass is 444 g/mol. The Kier molecular flexibility index (Phi) is 7.69. The van der Waals surface area contributed by atoms with Gasteiger partial charge in [0.2, 0.25) is 0 Å². The number of hydrogen-bond acceptors (Lipinski definition) is 5. The van der Waals surface area contributed by atoms with Gasteiger partial charge in [0.25, 0.3) is 15.9 Å². The molecule has 0 saturated carbocycles. The summed E-state index contributed by atoms with van der Waals surface area (Å²) >= 11 is 0. The highest BCUT2D eigenvalue weighted by Gasteiger charge is 2.16. The summed E-state index contributed by atoms with van der Waals surface area (Å²) in [5.74, 6) is -0.144. The molecule has 3 rings (SSSR count). The molecule has 0 bridgehead atoms. The van der Waals surface area contributed by atoms with Crippen molar-refractivity contribution in [1.82, 2.24) is 15.1 Å². The van der Waals surface area contributed by atoms with Gasteiger partial charge in [-0.25, -0.2) is 8.42 Å². The number of hydrogen-bond donors (Lipinski definition) is 2. The van der Waals surface area contributed by atoms with Gasteiger partial charge < -0.3 is 15.1 Å². The van der Waals surface area contributed by atoms with Gasteiger partial charge in [0.15, 0.2) is 0 Å². The van der Waals surface area contributed by atoms with Crippen LogP contribution >= 0.6 is 0 Å². The molecule has 0 aromatic heterocycles. The third-order valence-electron chi connectivity index (χ3n) is 5.60. The standard InChI is InChI=1S/C23H32N4O3S/c1-18-5-8-21(9-6-18)31(29,30)25-22-10-7-20(17-19(22)2)23(28)24-11-4-12-27-15-13-26(3)14-16-27/h5-10,17,25H,4,11-16H2,1-3H3,(H,24,28). The first-order valence-corrected chi connectivity index (χ1v) is 12.1. The van der Waals surface area contributed by atoms with E-state index in [0.717, 1.165) is 44.7 Å². The molecule has 31 heavy (non-hydrogen) atoms. The Bertz CT molecular complexity index is 998. The lowest BCUT2D eigenvalue weighted by atomic mass is 10.1. The van der Waals surface area contributed by atoms with E-state index in [4.69, 9.17) is 0 Å². The van der Waals surface area contributed by atoms with E-state index in [1.54, 1.807) is 49.4 Å². The van der Waals surface area contributed by atoms with Crippen LogP contribution in [0.1, 0.15) is 27.9 Å². The lowest BCUT2D eigenvalue weighted by molar-refractivity contribution is 0.0949. The Morgan fingerprint density at radius 3 is 2.32 bits per heavy atom. The number of sulfonamides is 1. The van der Waals surface area contributed by atoms with Crippen LogP contribution < -0.4 is 10.0 Å². The van der Waals surface area contributed by atoms with E-state index >= 15 is 0 Å². The number of carbonyl (C=O) groups is 1. The zero-order valence-electron chi connectivity index (χ0n) is 18.5. The Hall–Kier alpha value is -2.42. The summed E-state index contributed by atoms with van der Waals surface area (Å²) in [4.78, 5) is 17.4. The first kappa shape index (κ1) is 23.2. The van der Waals surface area contributed by atoms with Crippen molar-refractivity contribution in [3.05, 3.63) is 59.2 Å². The van der Waals surface area contributed by atoms with E-state index in [0.29, 0.717) is 23.4 Å². The third kappa shape index (κ3) is 6.53. The quantitative estimate of drug-likeness (QED) is 0.612. The normalized spacial score (nSPS) is 15.6. The van der Waals surface area contributed by atoms with E-state index in [9.17, 15) is 13.2 Å². The minimum Gasteiger partial charge on any atom is -0.352 e. The molecule has 1 aliphatic heterocycles. The molecule has 0 radical (unpaired) electrons. The number of piperazine rings is 1. The van der Waals surface area contributed by atoms with Crippen LogP contribution in [0.15, 0.2) is 47.4 Å². The molecule has 0 spiro atoms. The second kappa shape index (κ2) is 10.3. The van der Waals surface area contributed by atoms with Crippen LogP contribution in [0.5, 0.6) is 0 Å². The molecule has 1 heterocycles. The average Bonchev–Trinajstić information content (AvgIpc) is 2.74. The number of benzene rings is 2. The summed E-state index contributed by atoms with van der Waals surface area (Å²) in [5, 5.41) is 2.96. The molecule has 8 heteroatoms.